The molecule has 1 aromatic rings. The van der Waals surface area contributed by atoms with Gasteiger partial charge < -0.3 is 16.4 Å². The third kappa shape index (κ3) is 3.05. The van der Waals surface area contributed by atoms with Crippen molar-refractivity contribution >= 4 is 5.91 Å². The first-order valence-corrected chi connectivity index (χ1v) is 6.12. The van der Waals surface area contributed by atoms with Gasteiger partial charge in [-0.3, -0.25) is 4.79 Å². The van der Waals surface area contributed by atoms with Crippen LogP contribution in [0.15, 0.2) is 18.2 Å². The van der Waals surface area contributed by atoms with E-state index in [4.69, 9.17) is 5.73 Å². The van der Waals surface area contributed by atoms with Crippen LogP contribution in [0.25, 0.3) is 0 Å². The van der Waals surface area contributed by atoms with Crippen molar-refractivity contribution in [2.24, 2.45) is 5.73 Å². The third-order valence-electron chi connectivity index (χ3n) is 3.02. The monoisotopic (exact) mass is 233 g/mol. The van der Waals surface area contributed by atoms with Crippen LogP contribution in [0.4, 0.5) is 0 Å². The van der Waals surface area contributed by atoms with Gasteiger partial charge in [0.2, 0.25) is 0 Å². The molecular weight excluding hydrogens is 214 g/mol. The summed E-state index contributed by atoms with van der Waals surface area (Å²) in [5.74, 6) is 0.0109. The normalized spacial score (nSPS) is 13.5. The molecule has 4 heteroatoms. The quantitative estimate of drug-likeness (QED) is 0.658. The van der Waals surface area contributed by atoms with Gasteiger partial charge in [-0.05, 0) is 42.6 Å². The average molecular weight is 233 g/mol. The first-order chi connectivity index (χ1) is 8.31. The van der Waals surface area contributed by atoms with Crippen molar-refractivity contribution < 1.29 is 4.79 Å². The van der Waals surface area contributed by atoms with E-state index < -0.39 is 0 Å². The van der Waals surface area contributed by atoms with Crippen LogP contribution < -0.4 is 16.4 Å². The van der Waals surface area contributed by atoms with E-state index in [1.54, 1.807) is 0 Å². The number of rotatable bonds is 5. The molecule has 1 amide bonds. The number of amides is 1. The van der Waals surface area contributed by atoms with E-state index in [-0.39, 0.29) is 5.91 Å². The van der Waals surface area contributed by atoms with Crippen LogP contribution in [0.1, 0.15) is 34.3 Å². The molecule has 0 saturated carbocycles. The topological polar surface area (TPSA) is 67.1 Å². The Hall–Kier alpha value is -1.39. The Kier molecular flexibility index (Phi) is 4.12. The molecule has 0 spiro atoms. The Labute approximate surface area is 102 Å². The van der Waals surface area contributed by atoms with Gasteiger partial charge in [-0.15, -0.1) is 0 Å². The molecule has 17 heavy (non-hydrogen) atoms. The Morgan fingerprint density at radius 3 is 2.94 bits per heavy atom. The molecule has 1 aliphatic heterocycles. The number of carbonyl (C=O) groups excluding carboxylic acids is 1. The zero-order chi connectivity index (χ0) is 12.1. The Morgan fingerprint density at radius 1 is 1.29 bits per heavy atom. The Balaban J connectivity index is 1.91. The molecule has 4 N–H and O–H groups in total. The molecule has 0 fully saturated rings. The van der Waals surface area contributed by atoms with Gasteiger partial charge in [-0.1, -0.05) is 6.07 Å². The lowest BCUT2D eigenvalue weighted by Gasteiger charge is -2.06. The lowest BCUT2D eigenvalue weighted by atomic mass is 10.1. The number of benzene rings is 1. The van der Waals surface area contributed by atoms with Gasteiger partial charge in [0.1, 0.15) is 0 Å². The number of hydrogen-bond acceptors (Lipinski definition) is 3. The van der Waals surface area contributed by atoms with Gasteiger partial charge >= 0.3 is 0 Å². The minimum atomic E-state index is 0.0109. The molecular formula is C13H19N3O. The third-order valence-corrected chi connectivity index (χ3v) is 3.02. The minimum absolute atomic E-state index is 0.0109. The second-order valence-corrected chi connectivity index (χ2v) is 4.34. The van der Waals surface area contributed by atoms with Crippen LogP contribution in [-0.2, 0) is 13.1 Å². The molecule has 1 heterocycles. The summed E-state index contributed by atoms with van der Waals surface area (Å²) in [6, 6.07) is 5.90. The number of hydrogen-bond donors (Lipinski definition) is 3. The lowest BCUT2D eigenvalue weighted by molar-refractivity contribution is 0.0953. The predicted molar refractivity (Wildman–Crippen MR) is 67.6 cm³/mol. The second-order valence-electron chi connectivity index (χ2n) is 4.34. The Morgan fingerprint density at radius 2 is 2.12 bits per heavy atom. The summed E-state index contributed by atoms with van der Waals surface area (Å²) in [6.45, 7) is 3.16. The first-order valence-electron chi connectivity index (χ1n) is 6.12. The van der Waals surface area contributed by atoms with E-state index in [2.05, 4.69) is 10.6 Å². The van der Waals surface area contributed by atoms with Crippen LogP contribution in [-0.4, -0.2) is 19.0 Å². The standard InChI is InChI=1S/C13H19N3O/c14-5-1-2-6-16-13(17)10-3-4-11-8-15-9-12(11)7-10/h3-4,7,15H,1-2,5-6,8-9,14H2,(H,16,17). The fourth-order valence-corrected chi connectivity index (χ4v) is 2.01. The smallest absolute Gasteiger partial charge is 0.251 e. The van der Waals surface area contributed by atoms with Gasteiger partial charge in [0.05, 0.1) is 0 Å². The summed E-state index contributed by atoms with van der Waals surface area (Å²) in [5, 5.41) is 6.18. The van der Waals surface area contributed by atoms with Crippen LogP contribution in [0.5, 0.6) is 0 Å². The number of fused-ring (bicyclic) bond motifs is 1. The highest BCUT2D eigenvalue weighted by Gasteiger charge is 2.12. The zero-order valence-electron chi connectivity index (χ0n) is 9.96. The van der Waals surface area contributed by atoms with Crippen LogP contribution in [0.3, 0.4) is 0 Å². The van der Waals surface area contributed by atoms with Gasteiger partial charge in [-0.2, -0.15) is 0 Å². The van der Waals surface area contributed by atoms with Crippen molar-refractivity contribution in [3.05, 3.63) is 34.9 Å². The predicted octanol–water partition coefficient (Wildman–Crippen LogP) is 0.759. The molecule has 4 nitrogen and oxygen atoms in total. The zero-order valence-corrected chi connectivity index (χ0v) is 9.96. The summed E-state index contributed by atoms with van der Waals surface area (Å²) >= 11 is 0. The Bertz CT molecular complexity index is 404. The summed E-state index contributed by atoms with van der Waals surface area (Å²) in [4.78, 5) is 11.8. The molecule has 0 aliphatic carbocycles. The summed E-state index contributed by atoms with van der Waals surface area (Å²) < 4.78 is 0. The van der Waals surface area contributed by atoms with Crippen molar-refractivity contribution in [1.82, 2.24) is 10.6 Å². The van der Waals surface area contributed by atoms with Gasteiger partial charge in [0.15, 0.2) is 0 Å². The molecule has 0 saturated heterocycles. The molecule has 0 radical (unpaired) electrons. The SMILES string of the molecule is NCCCCNC(=O)c1ccc2c(c1)CNC2. The maximum absolute atomic E-state index is 11.8. The molecule has 0 atom stereocenters. The van der Waals surface area contributed by atoms with Crippen LogP contribution in [0, 0.1) is 0 Å². The van der Waals surface area contributed by atoms with Crippen LogP contribution >= 0.6 is 0 Å². The van der Waals surface area contributed by atoms with Crippen molar-refractivity contribution in [3.8, 4) is 0 Å². The molecule has 0 unspecified atom stereocenters. The lowest BCUT2D eigenvalue weighted by Crippen LogP contribution is -2.25. The molecule has 92 valence electrons. The highest BCUT2D eigenvalue weighted by atomic mass is 16.1. The van der Waals surface area contributed by atoms with Crippen molar-refractivity contribution in [2.75, 3.05) is 13.1 Å². The van der Waals surface area contributed by atoms with E-state index >= 15 is 0 Å². The summed E-state index contributed by atoms with van der Waals surface area (Å²) in [6.07, 6.45) is 1.89. The molecule has 1 aromatic carbocycles. The number of unbranched alkanes of at least 4 members (excludes halogenated alkanes) is 1. The van der Waals surface area contributed by atoms with Gasteiger partial charge in [-0.25, -0.2) is 0 Å². The van der Waals surface area contributed by atoms with Crippen molar-refractivity contribution in [2.45, 2.75) is 25.9 Å². The maximum atomic E-state index is 11.8. The highest BCUT2D eigenvalue weighted by Crippen LogP contribution is 2.16. The fourth-order valence-electron chi connectivity index (χ4n) is 2.01. The molecule has 0 aromatic heterocycles. The van der Waals surface area contributed by atoms with E-state index in [0.29, 0.717) is 13.1 Å². The van der Waals surface area contributed by atoms with Crippen LogP contribution in [0.2, 0.25) is 0 Å². The van der Waals surface area contributed by atoms with E-state index in [9.17, 15) is 4.79 Å². The van der Waals surface area contributed by atoms with E-state index in [1.807, 2.05) is 18.2 Å². The molecule has 1 aliphatic rings. The first kappa shape index (κ1) is 12.1. The molecule has 0 bridgehead atoms. The average Bonchev–Trinajstić information content (AvgIpc) is 2.81. The van der Waals surface area contributed by atoms with Gasteiger partial charge in [0, 0.05) is 25.2 Å². The molecule has 2 rings (SSSR count). The van der Waals surface area contributed by atoms with E-state index in [1.165, 1.54) is 11.1 Å². The largest absolute Gasteiger partial charge is 0.352 e. The number of carbonyl (C=O) groups is 1. The minimum Gasteiger partial charge on any atom is -0.352 e. The second kappa shape index (κ2) is 5.80. The summed E-state index contributed by atoms with van der Waals surface area (Å²) in [7, 11) is 0. The van der Waals surface area contributed by atoms with Crippen molar-refractivity contribution in [3.63, 3.8) is 0 Å². The maximum Gasteiger partial charge on any atom is 0.251 e. The van der Waals surface area contributed by atoms with Crippen molar-refractivity contribution in [1.29, 1.82) is 0 Å². The number of nitrogens with two attached hydrogens (primary N) is 1. The highest BCUT2D eigenvalue weighted by molar-refractivity contribution is 5.94. The fraction of sp³-hybridized carbons (Fsp3) is 0.462. The van der Waals surface area contributed by atoms with Gasteiger partial charge in [0.25, 0.3) is 5.91 Å². The van der Waals surface area contributed by atoms with E-state index in [0.717, 1.165) is 31.5 Å². The summed E-state index contributed by atoms with van der Waals surface area (Å²) in [5.41, 5.74) is 8.68. The number of nitrogens with one attached hydrogen (secondary N) is 2.